The van der Waals surface area contributed by atoms with Crippen LogP contribution in [0.2, 0.25) is 0 Å². The summed E-state index contributed by atoms with van der Waals surface area (Å²) in [6.07, 6.45) is 1.82. The Labute approximate surface area is 153 Å². The highest BCUT2D eigenvalue weighted by atomic mass is 79.9. The second-order valence-corrected chi connectivity index (χ2v) is 6.39. The van der Waals surface area contributed by atoms with Crippen LogP contribution in [0.25, 0.3) is 10.9 Å². The first-order valence-electron chi connectivity index (χ1n) is 7.80. The Morgan fingerprint density at radius 3 is 2.60 bits per heavy atom. The highest BCUT2D eigenvalue weighted by molar-refractivity contribution is 9.10. The number of hydrogen-bond donors (Lipinski definition) is 2. The predicted molar refractivity (Wildman–Crippen MR) is 101 cm³/mol. The van der Waals surface area contributed by atoms with Crippen molar-refractivity contribution in [2.45, 2.75) is 6.42 Å². The van der Waals surface area contributed by atoms with Gasteiger partial charge < -0.3 is 10.6 Å². The highest BCUT2D eigenvalue weighted by Crippen LogP contribution is 2.16. The van der Waals surface area contributed by atoms with Crippen LogP contribution in [0.1, 0.15) is 16.8 Å². The molecular weight excluding hydrogens is 382 g/mol. The number of halogens is 1. The number of para-hydroxylation sites is 1. The molecule has 0 fully saturated rings. The topological polar surface area (TPSA) is 71.1 Å². The molecule has 1 heterocycles. The molecule has 0 bridgehead atoms. The van der Waals surface area contributed by atoms with Crippen molar-refractivity contribution >= 4 is 44.3 Å². The molecule has 1 aromatic heterocycles. The molecule has 2 amide bonds. The van der Waals surface area contributed by atoms with Crippen molar-refractivity contribution in [3.05, 3.63) is 70.8 Å². The van der Waals surface area contributed by atoms with Crippen LogP contribution in [0.5, 0.6) is 0 Å². The lowest BCUT2D eigenvalue weighted by Gasteiger charge is -2.07. The third-order valence-corrected chi connectivity index (χ3v) is 4.15. The Bertz CT molecular complexity index is 910. The van der Waals surface area contributed by atoms with Crippen molar-refractivity contribution in [3.63, 3.8) is 0 Å². The van der Waals surface area contributed by atoms with Crippen LogP contribution in [-0.4, -0.2) is 23.3 Å². The summed E-state index contributed by atoms with van der Waals surface area (Å²) in [5.74, 6) is -0.374. The standard InChI is InChI=1S/C19H16BrN3O2/c20-15-7-5-13(6-8-15)19(25)21-10-9-18(24)23-16-11-14-3-1-2-4-17(14)22-12-16/h1-8,11-12H,9-10H2,(H,21,25)(H,23,24). The molecular formula is C19H16BrN3O2. The molecule has 0 aliphatic heterocycles. The first-order chi connectivity index (χ1) is 12.1. The summed E-state index contributed by atoms with van der Waals surface area (Å²) in [6, 6.07) is 16.6. The molecule has 3 rings (SSSR count). The lowest BCUT2D eigenvalue weighted by molar-refractivity contribution is -0.116. The summed E-state index contributed by atoms with van der Waals surface area (Å²) >= 11 is 3.32. The van der Waals surface area contributed by atoms with E-state index in [9.17, 15) is 9.59 Å². The van der Waals surface area contributed by atoms with Crippen molar-refractivity contribution < 1.29 is 9.59 Å². The van der Waals surface area contributed by atoms with Crippen LogP contribution in [0, 0.1) is 0 Å². The maximum Gasteiger partial charge on any atom is 0.251 e. The second-order valence-electron chi connectivity index (χ2n) is 5.48. The highest BCUT2D eigenvalue weighted by Gasteiger charge is 2.07. The molecule has 0 saturated heterocycles. The van der Waals surface area contributed by atoms with Gasteiger partial charge in [-0.15, -0.1) is 0 Å². The molecule has 0 aliphatic carbocycles. The Morgan fingerprint density at radius 1 is 1.04 bits per heavy atom. The fourth-order valence-corrected chi connectivity index (χ4v) is 2.62. The van der Waals surface area contributed by atoms with Crippen molar-refractivity contribution in [2.75, 3.05) is 11.9 Å². The van der Waals surface area contributed by atoms with Crippen molar-refractivity contribution in [3.8, 4) is 0 Å². The zero-order valence-electron chi connectivity index (χ0n) is 13.3. The van der Waals surface area contributed by atoms with Gasteiger partial charge >= 0.3 is 0 Å². The van der Waals surface area contributed by atoms with E-state index >= 15 is 0 Å². The first kappa shape index (κ1) is 17.1. The van der Waals surface area contributed by atoms with E-state index in [2.05, 4.69) is 31.5 Å². The van der Waals surface area contributed by atoms with Crippen LogP contribution >= 0.6 is 15.9 Å². The summed E-state index contributed by atoms with van der Waals surface area (Å²) in [7, 11) is 0. The summed E-state index contributed by atoms with van der Waals surface area (Å²) in [4.78, 5) is 28.3. The SMILES string of the molecule is O=C(CCNC(=O)c1ccc(Br)cc1)Nc1cnc2ccccc2c1. The van der Waals surface area contributed by atoms with Crippen LogP contribution in [0.15, 0.2) is 65.3 Å². The van der Waals surface area contributed by atoms with Crippen LogP contribution < -0.4 is 10.6 Å². The van der Waals surface area contributed by atoms with Gasteiger partial charge in [0.2, 0.25) is 5.91 Å². The van der Waals surface area contributed by atoms with Crippen molar-refractivity contribution in [1.82, 2.24) is 10.3 Å². The number of amides is 2. The van der Waals surface area contributed by atoms with Gasteiger partial charge in [-0.25, -0.2) is 0 Å². The smallest absolute Gasteiger partial charge is 0.251 e. The maximum absolute atomic E-state index is 12.0. The van der Waals surface area contributed by atoms with Gasteiger partial charge in [0, 0.05) is 28.4 Å². The fraction of sp³-hybridized carbons (Fsp3) is 0.105. The number of nitrogens with zero attached hydrogens (tertiary/aromatic N) is 1. The number of benzene rings is 2. The third kappa shape index (κ3) is 4.64. The van der Waals surface area contributed by atoms with Gasteiger partial charge in [0.15, 0.2) is 0 Å². The second kappa shape index (κ2) is 7.90. The largest absolute Gasteiger partial charge is 0.352 e. The Hall–Kier alpha value is -2.73. The van der Waals surface area contributed by atoms with Crippen molar-refractivity contribution in [2.24, 2.45) is 0 Å². The number of carbonyl (C=O) groups is 2. The molecule has 25 heavy (non-hydrogen) atoms. The number of fused-ring (bicyclic) bond motifs is 1. The molecule has 126 valence electrons. The molecule has 6 heteroatoms. The molecule has 0 aliphatic rings. The number of aromatic nitrogens is 1. The van der Waals surface area contributed by atoms with Crippen LogP contribution in [-0.2, 0) is 4.79 Å². The average molecular weight is 398 g/mol. The molecule has 0 radical (unpaired) electrons. The number of pyridine rings is 1. The Balaban J connectivity index is 1.50. The van der Waals surface area contributed by atoms with Gasteiger partial charge in [0.1, 0.15) is 0 Å². The minimum atomic E-state index is -0.201. The van der Waals surface area contributed by atoms with Gasteiger partial charge in [-0.1, -0.05) is 34.1 Å². The molecule has 5 nitrogen and oxygen atoms in total. The Morgan fingerprint density at radius 2 is 1.80 bits per heavy atom. The number of carbonyl (C=O) groups excluding carboxylic acids is 2. The molecule has 2 N–H and O–H groups in total. The molecule has 0 spiro atoms. The van der Waals surface area contributed by atoms with E-state index in [0.717, 1.165) is 15.4 Å². The van der Waals surface area contributed by atoms with Gasteiger partial charge in [-0.3, -0.25) is 14.6 Å². The normalized spacial score (nSPS) is 10.4. The van der Waals surface area contributed by atoms with Gasteiger partial charge in [-0.2, -0.15) is 0 Å². The van der Waals surface area contributed by atoms with E-state index in [4.69, 9.17) is 0 Å². The summed E-state index contributed by atoms with van der Waals surface area (Å²) in [5.41, 5.74) is 2.08. The van der Waals surface area contributed by atoms with Crippen molar-refractivity contribution in [1.29, 1.82) is 0 Å². The van der Waals surface area contributed by atoms with Crippen LogP contribution in [0.3, 0.4) is 0 Å². The van der Waals surface area contributed by atoms with E-state index in [1.54, 1.807) is 30.5 Å². The number of anilines is 1. The van der Waals surface area contributed by atoms with Crippen LogP contribution in [0.4, 0.5) is 5.69 Å². The van der Waals surface area contributed by atoms with Gasteiger partial charge in [0.05, 0.1) is 17.4 Å². The molecule has 3 aromatic rings. The quantitative estimate of drug-likeness (QED) is 0.688. The van der Waals surface area contributed by atoms with Gasteiger partial charge in [0.25, 0.3) is 5.91 Å². The summed E-state index contributed by atoms with van der Waals surface area (Å²) in [6.45, 7) is 0.266. The molecule has 2 aromatic carbocycles. The summed E-state index contributed by atoms with van der Waals surface area (Å²) in [5, 5.41) is 6.49. The number of rotatable bonds is 5. The zero-order valence-corrected chi connectivity index (χ0v) is 14.9. The molecule has 0 saturated carbocycles. The van der Waals surface area contributed by atoms with E-state index in [1.165, 1.54) is 0 Å². The summed E-state index contributed by atoms with van der Waals surface area (Å²) < 4.78 is 0.910. The zero-order chi connectivity index (χ0) is 17.6. The Kier molecular flexibility index (Phi) is 5.40. The lowest BCUT2D eigenvalue weighted by atomic mass is 10.2. The van der Waals surface area contributed by atoms with E-state index in [0.29, 0.717) is 11.3 Å². The third-order valence-electron chi connectivity index (χ3n) is 3.62. The maximum atomic E-state index is 12.0. The number of hydrogen-bond acceptors (Lipinski definition) is 3. The first-order valence-corrected chi connectivity index (χ1v) is 8.59. The minimum absolute atomic E-state index is 0.173. The fourth-order valence-electron chi connectivity index (χ4n) is 2.36. The van der Waals surface area contributed by atoms with E-state index in [1.807, 2.05) is 30.3 Å². The predicted octanol–water partition coefficient (Wildman–Crippen LogP) is 3.76. The average Bonchev–Trinajstić information content (AvgIpc) is 2.62. The molecule has 0 atom stereocenters. The number of nitrogens with one attached hydrogen (secondary N) is 2. The van der Waals surface area contributed by atoms with Gasteiger partial charge in [-0.05, 0) is 36.4 Å². The minimum Gasteiger partial charge on any atom is -0.352 e. The molecule has 0 unspecified atom stereocenters. The van der Waals surface area contributed by atoms with E-state index in [-0.39, 0.29) is 24.8 Å². The lowest BCUT2D eigenvalue weighted by Crippen LogP contribution is -2.27. The van der Waals surface area contributed by atoms with E-state index < -0.39 is 0 Å². The monoisotopic (exact) mass is 397 g/mol.